The number of benzene rings is 2. The van der Waals surface area contributed by atoms with E-state index in [1.54, 1.807) is 60.7 Å². The zero-order valence-electron chi connectivity index (χ0n) is 15.5. The summed E-state index contributed by atoms with van der Waals surface area (Å²) >= 11 is 0. The largest absolute Gasteiger partial charge is 0.481 e. The Hall–Kier alpha value is -3.68. The van der Waals surface area contributed by atoms with E-state index >= 15 is 0 Å². The molecule has 0 aliphatic carbocycles. The SMILES string of the molecule is O=C(O)CCN1C(=O)N(CCC(=O)O)C(c2ccccc2)(c2ccccc2)C1=O. The topological polar surface area (TPSA) is 115 Å². The van der Waals surface area contributed by atoms with Crippen molar-refractivity contribution in [3.63, 3.8) is 0 Å². The summed E-state index contributed by atoms with van der Waals surface area (Å²) < 4.78 is 0. The third kappa shape index (κ3) is 3.56. The van der Waals surface area contributed by atoms with Gasteiger partial charge in [0.05, 0.1) is 12.8 Å². The highest BCUT2D eigenvalue weighted by atomic mass is 16.4. The van der Waals surface area contributed by atoms with Gasteiger partial charge in [0.25, 0.3) is 5.91 Å². The van der Waals surface area contributed by atoms with Gasteiger partial charge in [-0.25, -0.2) is 4.79 Å². The Morgan fingerprint density at radius 2 is 1.21 bits per heavy atom. The van der Waals surface area contributed by atoms with Crippen LogP contribution in [0.25, 0.3) is 0 Å². The molecule has 3 rings (SSSR count). The molecular formula is C21H20N2O6. The molecule has 0 radical (unpaired) electrons. The predicted molar refractivity (Wildman–Crippen MR) is 102 cm³/mol. The van der Waals surface area contributed by atoms with Gasteiger partial charge in [0.2, 0.25) is 0 Å². The normalized spacial score (nSPS) is 15.6. The fraction of sp³-hybridized carbons (Fsp3) is 0.238. The summed E-state index contributed by atoms with van der Waals surface area (Å²) in [5.41, 5.74) is -0.548. The average Bonchev–Trinajstić information content (AvgIpc) is 2.93. The Kier molecular flexibility index (Phi) is 5.63. The van der Waals surface area contributed by atoms with E-state index in [-0.39, 0.29) is 19.5 Å². The van der Waals surface area contributed by atoms with Crippen molar-refractivity contribution in [1.29, 1.82) is 0 Å². The zero-order chi connectivity index (χ0) is 21.0. The number of amides is 3. The molecule has 0 unspecified atom stereocenters. The molecule has 3 amide bonds. The fourth-order valence-electron chi connectivity index (χ4n) is 3.65. The van der Waals surface area contributed by atoms with Crippen molar-refractivity contribution in [1.82, 2.24) is 9.80 Å². The van der Waals surface area contributed by atoms with Gasteiger partial charge in [-0.05, 0) is 11.1 Å². The molecule has 2 aromatic rings. The molecule has 1 heterocycles. The number of carboxylic acid groups (broad SMARTS) is 2. The first-order valence-electron chi connectivity index (χ1n) is 9.07. The minimum absolute atomic E-state index is 0.201. The Labute approximate surface area is 167 Å². The Morgan fingerprint density at radius 3 is 1.66 bits per heavy atom. The molecule has 150 valence electrons. The van der Waals surface area contributed by atoms with Crippen molar-refractivity contribution in [2.75, 3.05) is 13.1 Å². The lowest BCUT2D eigenvalue weighted by atomic mass is 9.81. The average molecular weight is 396 g/mol. The molecule has 0 saturated carbocycles. The minimum Gasteiger partial charge on any atom is -0.481 e. The standard InChI is InChI=1S/C21H20N2O6/c24-17(25)11-13-22-19(28)21(15-7-3-1-4-8-15,16-9-5-2-6-10-16)23(20(22)29)14-12-18(26)27/h1-10H,11-14H2,(H,24,25)(H,26,27). The molecule has 1 aliphatic rings. The van der Waals surface area contributed by atoms with E-state index in [1.165, 1.54) is 4.90 Å². The molecule has 1 aliphatic heterocycles. The number of nitrogens with zero attached hydrogens (tertiary/aromatic N) is 2. The number of hydrogen-bond acceptors (Lipinski definition) is 4. The first kappa shape index (κ1) is 20.1. The summed E-state index contributed by atoms with van der Waals surface area (Å²) in [6.45, 7) is -0.495. The fourth-order valence-corrected chi connectivity index (χ4v) is 3.65. The molecular weight excluding hydrogens is 376 g/mol. The van der Waals surface area contributed by atoms with Gasteiger partial charge in [0.1, 0.15) is 0 Å². The highest BCUT2D eigenvalue weighted by Crippen LogP contribution is 2.43. The molecule has 0 spiro atoms. The molecule has 29 heavy (non-hydrogen) atoms. The number of aliphatic carboxylic acids is 2. The van der Waals surface area contributed by atoms with Crippen molar-refractivity contribution in [2.24, 2.45) is 0 Å². The van der Waals surface area contributed by atoms with Crippen LogP contribution in [0, 0.1) is 0 Å². The Balaban J connectivity index is 2.20. The third-order valence-electron chi connectivity index (χ3n) is 4.90. The van der Waals surface area contributed by atoms with E-state index in [1.807, 2.05) is 0 Å². The van der Waals surface area contributed by atoms with Crippen LogP contribution in [0.1, 0.15) is 24.0 Å². The lowest BCUT2D eigenvalue weighted by Gasteiger charge is -2.36. The van der Waals surface area contributed by atoms with Crippen molar-refractivity contribution < 1.29 is 29.4 Å². The molecule has 8 nitrogen and oxygen atoms in total. The van der Waals surface area contributed by atoms with Crippen LogP contribution >= 0.6 is 0 Å². The van der Waals surface area contributed by atoms with Crippen LogP contribution in [-0.4, -0.2) is 57.0 Å². The van der Waals surface area contributed by atoms with Gasteiger partial charge in [0.15, 0.2) is 5.54 Å². The summed E-state index contributed by atoms with van der Waals surface area (Å²) in [4.78, 5) is 51.1. The van der Waals surface area contributed by atoms with Gasteiger partial charge in [0, 0.05) is 13.1 Å². The molecule has 2 N–H and O–H groups in total. The van der Waals surface area contributed by atoms with Crippen LogP contribution in [0.4, 0.5) is 4.79 Å². The van der Waals surface area contributed by atoms with E-state index in [2.05, 4.69) is 0 Å². The summed E-state index contributed by atoms with van der Waals surface area (Å²) in [6, 6.07) is 16.6. The molecule has 0 bridgehead atoms. The molecule has 0 aromatic heterocycles. The first-order chi connectivity index (χ1) is 13.9. The highest BCUT2D eigenvalue weighted by Gasteiger charge is 2.59. The van der Waals surface area contributed by atoms with Gasteiger partial charge >= 0.3 is 18.0 Å². The molecule has 1 saturated heterocycles. The van der Waals surface area contributed by atoms with Crippen molar-refractivity contribution in [3.05, 3.63) is 71.8 Å². The highest BCUT2D eigenvalue weighted by molar-refractivity contribution is 6.09. The van der Waals surface area contributed by atoms with Crippen LogP contribution in [0.5, 0.6) is 0 Å². The lowest BCUT2D eigenvalue weighted by molar-refractivity contribution is -0.139. The number of hydrogen-bond donors (Lipinski definition) is 2. The number of urea groups is 1. The summed E-state index contributed by atoms with van der Waals surface area (Å²) in [6.07, 6.45) is -0.753. The summed E-state index contributed by atoms with van der Waals surface area (Å²) in [5.74, 6) is -2.84. The van der Waals surface area contributed by atoms with Crippen molar-refractivity contribution >= 4 is 23.9 Å². The number of carboxylic acids is 2. The molecule has 0 atom stereocenters. The van der Waals surface area contributed by atoms with Gasteiger partial charge in [-0.2, -0.15) is 0 Å². The smallest absolute Gasteiger partial charge is 0.328 e. The van der Waals surface area contributed by atoms with E-state index in [4.69, 9.17) is 10.2 Å². The zero-order valence-corrected chi connectivity index (χ0v) is 15.5. The van der Waals surface area contributed by atoms with Gasteiger partial charge in [-0.3, -0.25) is 19.3 Å². The quantitative estimate of drug-likeness (QED) is 0.661. The predicted octanol–water partition coefficient (Wildman–Crippen LogP) is 2.14. The summed E-state index contributed by atoms with van der Waals surface area (Å²) in [5, 5.41) is 18.2. The molecule has 1 fully saturated rings. The van der Waals surface area contributed by atoms with Crippen LogP contribution in [0.3, 0.4) is 0 Å². The monoisotopic (exact) mass is 396 g/mol. The Bertz CT molecular complexity index is 889. The first-order valence-corrected chi connectivity index (χ1v) is 9.07. The minimum atomic E-state index is -1.56. The number of carbonyl (C=O) groups excluding carboxylic acids is 2. The second-order valence-electron chi connectivity index (χ2n) is 6.62. The molecule has 2 aromatic carbocycles. The maximum absolute atomic E-state index is 13.6. The second-order valence-corrected chi connectivity index (χ2v) is 6.62. The number of rotatable bonds is 8. The summed E-state index contributed by atoms with van der Waals surface area (Å²) in [7, 11) is 0. The van der Waals surface area contributed by atoms with Gasteiger partial charge in [-0.15, -0.1) is 0 Å². The van der Waals surface area contributed by atoms with Crippen molar-refractivity contribution in [2.45, 2.75) is 18.4 Å². The number of carbonyl (C=O) groups is 4. The number of imide groups is 1. The lowest BCUT2D eigenvalue weighted by Crippen LogP contribution is -2.48. The van der Waals surface area contributed by atoms with Gasteiger partial charge < -0.3 is 15.1 Å². The maximum Gasteiger partial charge on any atom is 0.328 e. The van der Waals surface area contributed by atoms with E-state index in [0.29, 0.717) is 11.1 Å². The van der Waals surface area contributed by atoms with Crippen LogP contribution in [-0.2, 0) is 19.9 Å². The van der Waals surface area contributed by atoms with Crippen LogP contribution in [0.2, 0.25) is 0 Å². The van der Waals surface area contributed by atoms with Crippen LogP contribution < -0.4 is 0 Å². The van der Waals surface area contributed by atoms with E-state index in [0.717, 1.165) is 4.90 Å². The molecule has 8 heteroatoms. The third-order valence-corrected chi connectivity index (χ3v) is 4.90. The van der Waals surface area contributed by atoms with E-state index in [9.17, 15) is 19.2 Å². The maximum atomic E-state index is 13.6. The Morgan fingerprint density at radius 1 is 0.759 bits per heavy atom. The van der Waals surface area contributed by atoms with Gasteiger partial charge in [-0.1, -0.05) is 60.7 Å². The second kappa shape index (κ2) is 8.14. The van der Waals surface area contributed by atoms with E-state index < -0.39 is 35.8 Å². The van der Waals surface area contributed by atoms with Crippen molar-refractivity contribution in [3.8, 4) is 0 Å². The van der Waals surface area contributed by atoms with Crippen LogP contribution in [0.15, 0.2) is 60.7 Å².